The minimum atomic E-state index is -0.168. The van der Waals surface area contributed by atoms with Crippen molar-refractivity contribution in [1.82, 2.24) is 0 Å². The first-order valence-corrected chi connectivity index (χ1v) is 6.48. The lowest BCUT2D eigenvalue weighted by molar-refractivity contribution is 0.0561. The summed E-state index contributed by atoms with van der Waals surface area (Å²) in [7, 11) is 1.76. The van der Waals surface area contributed by atoms with Crippen molar-refractivity contribution in [3.63, 3.8) is 0 Å². The van der Waals surface area contributed by atoms with Gasteiger partial charge in [-0.2, -0.15) is 0 Å². The summed E-state index contributed by atoms with van der Waals surface area (Å²) in [5.41, 5.74) is 2.37. The lowest BCUT2D eigenvalue weighted by Gasteiger charge is -2.28. The van der Waals surface area contributed by atoms with Crippen molar-refractivity contribution in [2.24, 2.45) is 0 Å². The van der Waals surface area contributed by atoms with Crippen molar-refractivity contribution in [3.05, 3.63) is 54.1 Å². The van der Waals surface area contributed by atoms with Gasteiger partial charge in [-0.25, -0.2) is 0 Å². The van der Waals surface area contributed by atoms with Crippen LogP contribution in [0.2, 0.25) is 0 Å². The molecule has 16 heavy (non-hydrogen) atoms. The minimum absolute atomic E-state index is 0.168. The molecule has 2 rings (SSSR count). The third-order valence-corrected chi connectivity index (χ3v) is 3.92. The van der Waals surface area contributed by atoms with Crippen molar-refractivity contribution in [1.29, 1.82) is 0 Å². The molecule has 0 amide bonds. The van der Waals surface area contributed by atoms with Crippen LogP contribution in [0.15, 0.2) is 48.6 Å². The van der Waals surface area contributed by atoms with Crippen molar-refractivity contribution in [3.8, 4) is 0 Å². The monoisotopic (exact) mass is 278 g/mol. The number of methoxy groups -OCH3 is 1. The van der Waals surface area contributed by atoms with Gasteiger partial charge in [0.15, 0.2) is 0 Å². The summed E-state index contributed by atoms with van der Waals surface area (Å²) in [6.45, 7) is 0. The van der Waals surface area contributed by atoms with Gasteiger partial charge in [-0.15, -0.1) is 0 Å². The maximum Gasteiger partial charge on any atom is 0.0992 e. The average Bonchev–Trinajstić information content (AvgIpc) is 2.40. The predicted octanol–water partition coefficient (Wildman–Crippen LogP) is 3.81. The van der Waals surface area contributed by atoms with Crippen LogP contribution in [-0.2, 0) is 4.74 Å². The molecule has 1 unspecified atom stereocenters. The number of hydrogen-bond acceptors (Lipinski definition) is 1. The molecule has 0 saturated heterocycles. The number of benzene rings is 1. The highest BCUT2D eigenvalue weighted by molar-refractivity contribution is 9.09. The molecule has 1 aromatic carbocycles. The number of alkyl halides is 1. The van der Waals surface area contributed by atoms with E-state index >= 15 is 0 Å². The van der Waals surface area contributed by atoms with E-state index < -0.39 is 0 Å². The SMILES string of the molecule is COC1(CBr)C=CC(c2ccccc2)=CC1. The summed E-state index contributed by atoms with van der Waals surface area (Å²) in [5, 5.41) is 0.825. The number of halogens is 1. The third-order valence-electron chi connectivity index (χ3n) is 2.97. The molecule has 0 heterocycles. The topological polar surface area (TPSA) is 9.23 Å². The fourth-order valence-corrected chi connectivity index (χ4v) is 2.45. The fourth-order valence-electron chi connectivity index (χ4n) is 1.81. The van der Waals surface area contributed by atoms with E-state index in [1.54, 1.807) is 7.11 Å². The summed E-state index contributed by atoms with van der Waals surface area (Å²) >= 11 is 3.50. The molecule has 0 radical (unpaired) electrons. The van der Waals surface area contributed by atoms with E-state index in [0.29, 0.717) is 0 Å². The van der Waals surface area contributed by atoms with Gasteiger partial charge in [0.1, 0.15) is 0 Å². The molecule has 1 atom stereocenters. The Hall–Kier alpha value is -0.860. The Labute approximate surface area is 105 Å². The highest BCUT2D eigenvalue weighted by Crippen LogP contribution is 2.30. The van der Waals surface area contributed by atoms with Crippen LogP contribution < -0.4 is 0 Å². The molecular weight excluding hydrogens is 264 g/mol. The Morgan fingerprint density at radius 1 is 1.31 bits per heavy atom. The molecule has 1 aliphatic rings. The van der Waals surface area contributed by atoms with Crippen LogP contribution in [0, 0.1) is 0 Å². The zero-order chi connectivity index (χ0) is 11.4. The van der Waals surface area contributed by atoms with Gasteiger partial charge >= 0.3 is 0 Å². The molecule has 0 N–H and O–H groups in total. The Morgan fingerprint density at radius 3 is 2.56 bits per heavy atom. The molecule has 0 aliphatic heterocycles. The Kier molecular flexibility index (Phi) is 3.62. The second-order valence-corrected chi connectivity index (χ2v) is 4.53. The molecule has 0 spiro atoms. The van der Waals surface area contributed by atoms with Gasteiger partial charge in [0.25, 0.3) is 0 Å². The molecule has 0 saturated carbocycles. The Bertz CT molecular complexity index is 402. The normalized spacial score (nSPS) is 24.2. The van der Waals surface area contributed by atoms with Crippen molar-refractivity contribution in [2.45, 2.75) is 12.0 Å². The lowest BCUT2D eigenvalue weighted by atomic mass is 9.91. The van der Waals surface area contributed by atoms with Crippen LogP contribution in [0.4, 0.5) is 0 Å². The minimum Gasteiger partial charge on any atom is -0.373 e. The molecule has 84 valence electrons. The van der Waals surface area contributed by atoms with E-state index in [9.17, 15) is 0 Å². The first-order valence-electron chi connectivity index (χ1n) is 5.36. The summed E-state index contributed by atoms with van der Waals surface area (Å²) in [6.07, 6.45) is 7.43. The smallest absolute Gasteiger partial charge is 0.0992 e. The first kappa shape index (κ1) is 11.6. The molecule has 0 aromatic heterocycles. The Morgan fingerprint density at radius 2 is 2.06 bits per heavy atom. The summed E-state index contributed by atoms with van der Waals surface area (Å²) in [6, 6.07) is 10.4. The standard InChI is InChI=1S/C14H15BrO/c1-16-14(11-15)9-7-13(8-10-14)12-5-3-2-4-6-12/h2-9H,10-11H2,1H3. The Balaban J connectivity index is 2.20. The van der Waals surface area contributed by atoms with Crippen molar-refractivity contribution < 1.29 is 4.74 Å². The molecule has 2 heteroatoms. The van der Waals surface area contributed by atoms with Gasteiger partial charge in [-0.05, 0) is 17.6 Å². The number of hydrogen-bond donors (Lipinski definition) is 0. The van der Waals surface area contributed by atoms with Crippen molar-refractivity contribution >= 4 is 21.5 Å². The molecular formula is C14H15BrO. The number of allylic oxidation sites excluding steroid dienone is 2. The molecule has 1 nitrogen and oxygen atoms in total. The number of rotatable bonds is 3. The van der Waals surface area contributed by atoms with Crippen LogP contribution in [0.3, 0.4) is 0 Å². The molecule has 1 aromatic rings. The molecule has 1 aliphatic carbocycles. The van der Waals surface area contributed by atoms with E-state index in [0.717, 1.165) is 11.8 Å². The number of ether oxygens (including phenoxy) is 1. The molecule has 0 bridgehead atoms. The van der Waals surface area contributed by atoms with Gasteiger partial charge in [-0.3, -0.25) is 0 Å². The summed E-state index contributed by atoms with van der Waals surface area (Å²) < 4.78 is 5.53. The van der Waals surface area contributed by atoms with Gasteiger partial charge in [0.05, 0.1) is 5.60 Å². The van der Waals surface area contributed by atoms with Crippen LogP contribution in [0.25, 0.3) is 5.57 Å². The third kappa shape index (κ3) is 2.28. The largest absolute Gasteiger partial charge is 0.373 e. The van der Waals surface area contributed by atoms with E-state index in [1.165, 1.54) is 11.1 Å². The first-order chi connectivity index (χ1) is 7.79. The maximum atomic E-state index is 5.53. The van der Waals surface area contributed by atoms with Crippen LogP contribution in [0.1, 0.15) is 12.0 Å². The van der Waals surface area contributed by atoms with E-state index in [-0.39, 0.29) is 5.60 Å². The highest BCUT2D eigenvalue weighted by Gasteiger charge is 2.26. The van der Waals surface area contributed by atoms with Crippen LogP contribution in [0.5, 0.6) is 0 Å². The zero-order valence-electron chi connectivity index (χ0n) is 9.32. The second kappa shape index (κ2) is 4.98. The van der Waals surface area contributed by atoms with Gasteiger partial charge in [-0.1, -0.05) is 64.5 Å². The zero-order valence-corrected chi connectivity index (χ0v) is 10.9. The molecule has 0 fully saturated rings. The average molecular weight is 279 g/mol. The quantitative estimate of drug-likeness (QED) is 0.764. The predicted molar refractivity (Wildman–Crippen MR) is 71.7 cm³/mol. The summed E-state index contributed by atoms with van der Waals surface area (Å²) in [5.74, 6) is 0. The van der Waals surface area contributed by atoms with Crippen molar-refractivity contribution in [2.75, 3.05) is 12.4 Å². The van der Waals surface area contributed by atoms with E-state index in [2.05, 4.69) is 58.4 Å². The van der Waals surface area contributed by atoms with Crippen LogP contribution >= 0.6 is 15.9 Å². The van der Waals surface area contributed by atoms with Gasteiger partial charge < -0.3 is 4.74 Å². The van der Waals surface area contributed by atoms with Crippen LogP contribution in [-0.4, -0.2) is 18.0 Å². The van der Waals surface area contributed by atoms with Gasteiger partial charge in [0.2, 0.25) is 0 Å². The highest BCUT2D eigenvalue weighted by atomic mass is 79.9. The summed E-state index contributed by atoms with van der Waals surface area (Å²) in [4.78, 5) is 0. The second-order valence-electron chi connectivity index (χ2n) is 3.97. The van der Waals surface area contributed by atoms with Gasteiger partial charge in [0, 0.05) is 12.4 Å². The maximum absolute atomic E-state index is 5.53. The lowest BCUT2D eigenvalue weighted by Crippen LogP contribution is -2.31. The fraction of sp³-hybridized carbons (Fsp3) is 0.286. The van der Waals surface area contributed by atoms with E-state index in [1.807, 2.05) is 6.07 Å². The van der Waals surface area contributed by atoms with E-state index in [4.69, 9.17) is 4.74 Å².